The zero-order valence-electron chi connectivity index (χ0n) is 20.5. The minimum absolute atomic E-state index is 0.0944. The maximum atomic E-state index is 13.6. The number of para-hydroxylation sites is 2. The normalized spacial score (nSPS) is 12.0. The van der Waals surface area contributed by atoms with Gasteiger partial charge in [0.1, 0.15) is 18.0 Å². The first-order valence-electron chi connectivity index (χ1n) is 11.5. The second-order valence-electron chi connectivity index (χ2n) is 7.98. The monoisotopic (exact) mass is 496 g/mol. The molecule has 0 bridgehead atoms. The van der Waals surface area contributed by atoms with Crippen LogP contribution in [0.3, 0.4) is 0 Å². The van der Waals surface area contributed by atoms with Gasteiger partial charge >= 0.3 is 0 Å². The Balaban J connectivity index is 1.94. The number of sulfonamides is 1. The Labute approximate surface area is 207 Å². The van der Waals surface area contributed by atoms with Crippen LogP contribution in [0.15, 0.2) is 77.7 Å². The molecule has 1 amide bonds. The lowest BCUT2D eigenvalue weighted by atomic mass is 10.0. The second kappa shape index (κ2) is 11.8. The second-order valence-corrected chi connectivity index (χ2v) is 9.85. The van der Waals surface area contributed by atoms with Crippen LogP contribution in [0.4, 0.5) is 5.69 Å². The number of rotatable bonds is 11. The average Bonchev–Trinajstić information content (AvgIpc) is 2.87. The summed E-state index contributed by atoms with van der Waals surface area (Å²) in [6.45, 7) is 5.69. The smallest absolute Gasteiger partial charge is 0.264 e. The first-order chi connectivity index (χ1) is 16.8. The van der Waals surface area contributed by atoms with Crippen molar-refractivity contribution in [1.82, 2.24) is 5.32 Å². The van der Waals surface area contributed by atoms with Gasteiger partial charge < -0.3 is 14.8 Å². The van der Waals surface area contributed by atoms with Gasteiger partial charge in [-0.15, -0.1) is 0 Å². The Bertz CT molecular complexity index is 1250. The van der Waals surface area contributed by atoms with Gasteiger partial charge in [-0.3, -0.25) is 9.10 Å². The lowest BCUT2D eigenvalue weighted by Gasteiger charge is -2.27. The van der Waals surface area contributed by atoms with Crippen LogP contribution in [0.1, 0.15) is 37.4 Å². The molecule has 186 valence electrons. The van der Waals surface area contributed by atoms with Gasteiger partial charge in [-0.25, -0.2) is 8.42 Å². The van der Waals surface area contributed by atoms with Crippen molar-refractivity contribution < 1.29 is 22.7 Å². The van der Waals surface area contributed by atoms with E-state index < -0.39 is 22.5 Å². The van der Waals surface area contributed by atoms with E-state index in [9.17, 15) is 13.2 Å². The molecule has 0 aliphatic heterocycles. The number of ether oxygens (including phenoxy) is 2. The molecule has 0 spiro atoms. The minimum atomic E-state index is -4.04. The number of hydrogen-bond donors (Lipinski definition) is 1. The Morgan fingerprint density at radius 1 is 0.971 bits per heavy atom. The lowest BCUT2D eigenvalue weighted by molar-refractivity contribution is -0.120. The number of carbonyl (C=O) groups is 1. The van der Waals surface area contributed by atoms with Crippen LogP contribution in [0.5, 0.6) is 11.5 Å². The molecule has 0 saturated heterocycles. The fourth-order valence-corrected chi connectivity index (χ4v) is 5.32. The van der Waals surface area contributed by atoms with E-state index in [1.54, 1.807) is 49.6 Å². The van der Waals surface area contributed by atoms with Gasteiger partial charge in [0.25, 0.3) is 10.0 Å². The first kappa shape index (κ1) is 26.1. The fourth-order valence-electron chi connectivity index (χ4n) is 3.87. The summed E-state index contributed by atoms with van der Waals surface area (Å²) in [6, 6.07) is 20.3. The van der Waals surface area contributed by atoms with Crippen LogP contribution in [0, 0.1) is 6.92 Å². The number of anilines is 1. The third-order valence-electron chi connectivity index (χ3n) is 5.62. The number of aryl methyl sites for hydroxylation is 1. The number of benzene rings is 3. The van der Waals surface area contributed by atoms with Crippen molar-refractivity contribution in [2.45, 2.75) is 38.1 Å². The minimum Gasteiger partial charge on any atom is -0.496 e. The number of hydrogen-bond acceptors (Lipinski definition) is 5. The molecule has 0 fully saturated rings. The van der Waals surface area contributed by atoms with Crippen molar-refractivity contribution in [2.24, 2.45) is 0 Å². The lowest BCUT2D eigenvalue weighted by Crippen LogP contribution is -2.42. The van der Waals surface area contributed by atoms with E-state index in [4.69, 9.17) is 9.47 Å². The van der Waals surface area contributed by atoms with Crippen molar-refractivity contribution in [3.63, 3.8) is 0 Å². The van der Waals surface area contributed by atoms with Crippen LogP contribution in [0.2, 0.25) is 0 Å². The molecule has 7 nitrogen and oxygen atoms in total. The number of nitrogens with zero attached hydrogens (tertiary/aromatic N) is 1. The number of nitrogens with one attached hydrogen (secondary N) is 1. The summed E-state index contributed by atoms with van der Waals surface area (Å²) in [6.07, 6.45) is 0.637. The van der Waals surface area contributed by atoms with Gasteiger partial charge in [-0.1, -0.05) is 49.4 Å². The summed E-state index contributed by atoms with van der Waals surface area (Å²) in [7, 11) is -2.42. The molecule has 3 aromatic carbocycles. The molecule has 0 unspecified atom stereocenters. The van der Waals surface area contributed by atoms with E-state index >= 15 is 0 Å². The molecule has 0 aliphatic carbocycles. The van der Waals surface area contributed by atoms with Crippen molar-refractivity contribution in [2.75, 3.05) is 24.6 Å². The van der Waals surface area contributed by atoms with Gasteiger partial charge in [0.2, 0.25) is 5.91 Å². The Kier molecular flexibility index (Phi) is 8.76. The molecule has 3 aromatic rings. The van der Waals surface area contributed by atoms with E-state index in [1.807, 2.05) is 39.0 Å². The van der Waals surface area contributed by atoms with Gasteiger partial charge in [0, 0.05) is 0 Å². The fraction of sp³-hybridized carbons (Fsp3) is 0.296. The van der Waals surface area contributed by atoms with Crippen LogP contribution in [-0.2, 0) is 14.8 Å². The molecule has 0 radical (unpaired) electrons. The Hall–Kier alpha value is -3.52. The highest BCUT2D eigenvalue weighted by Gasteiger charge is 2.30. The van der Waals surface area contributed by atoms with Gasteiger partial charge in [-0.2, -0.15) is 0 Å². The maximum Gasteiger partial charge on any atom is 0.264 e. The van der Waals surface area contributed by atoms with Crippen LogP contribution in [-0.4, -0.2) is 34.6 Å². The molecule has 0 saturated carbocycles. The van der Waals surface area contributed by atoms with Gasteiger partial charge in [0.15, 0.2) is 0 Å². The van der Waals surface area contributed by atoms with Crippen molar-refractivity contribution in [3.8, 4) is 11.5 Å². The SMILES string of the molecule is CCOc1ccccc1N(CC(=O)N[C@@H](CC)c1ccc(OC)c(C)c1)S(=O)(=O)c1ccccc1. The molecule has 0 aliphatic rings. The molecule has 0 heterocycles. The van der Waals surface area contributed by atoms with E-state index in [0.717, 1.165) is 21.2 Å². The average molecular weight is 497 g/mol. The van der Waals surface area contributed by atoms with Crippen LogP contribution < -0.4 is 19.1 Å². The van der Waals surface area contributed by atoms with Crippen molar-refractivity contribution in [1.29, 1.82) is 0 Å². The van der Waals surface area contributed by atoms with Gasteiger partial charge in [-0.05, 0) is 61.7 Å². The number of methoxy groups -OCH3 is 1. The quantitative estimate of drug-likeness (QED) is 0.410. The predicted molar refractivity (Wildman–Crippen MR) is 137 cm³/mol. The Morgan fingerprint density at radius 3 is 2.29 bits per heavy atom. The molecular formula is C27H32N2O5S. The third kappa shape index (κ3) is 6.14. The summed E-state index contributed by atoms with van der Waals surface area (Å²) >= 11 is 0. The zero-order valence-corrected chi connectivity index (χ0v) is 21.3. The van der Waals surface area contributed by atoms with Crippen molar-refractivity contribution >= 4 is 21.6 Å². The molecule has 0 aromatic heterocycles. The van der Waals surface area contributed by atoms with Crippen LogP contribution in [0.25, 0.3) is 0 Å². The Morgan fingerprint density at radius 2 is 1.66 bits per heavy atom. The molecule has 1 atom stereocenters. The highest BCUT2D eigenvalue weighted by molar-refractivity contribution is 7.92. The molecule has 35 heavy (non-hydrogen) atoms. The first-order valence-corrected chi connectivity index (χ1v) is 13.0. The highest BCUT2D eigenvalue weighted by atomic mass is 32.2. The van der Waals surface area contributed by atoms with E-state index in [2.05, 4.69) is 5.32 Å². The predicted octanol–water partition coefficient (Wildman–Crippen LogP) is 4.87. The topological polar surface area (TPSA) is 84.9 Å². The highest BCUT2D eigenvalue weighted by Crippen LogP contribution is 2.32. The maximum absolute atomic E-state index is 13.6. The molecule has 1 N–H and O–H groups in total. The zero-order chi connectivity index (χ0) is 25.4. The summed E-state index contributed by atoms with van der Waals surface area (Å²) < 4.78 is 39.4. The number of amides is 1. The van der Waals surface area contributed by atoms with Crippen molar-refractivity contribution in [3.05, 3.63) is 83.9 Å². The third-order valence-corrected chi connectivity index (χ3v) is 7.39. The summed E-state index contributed by atoms with van der Waals surface area (Å²) in [5.41, 5.74) is 2.18. The molecular weight excluding hydrogens is 464 g/mol. The molecule has 8 heteroatoms. The number of carbonyl (C=O) groups excluding carboxylic acids is 1. The summed E-state index contributed by atoms with van der Waals surface area (Å²) in [5.74, 6) is 0.735. The summed E-state index contributed by atoms with van der Waals surface area (Å²) in [5, 5.41) is 3.00. The van der Waals surface area contributed by atoms with Gasteiger partial charge in [0.05, 0.1) is 30.3 Å². The van der Waals surface area contributed by atoms with E-state index in [0.29, 0.717) is 24.5 Å². The standard InChI is InChI=1S/C27H32N2O5S/c1-5-23(21-16-17-25(33-4)20(3)18-21)28-27(30)19-29(24-14-10-11-15-26(24)34-6-2)35(31,32)22-12-8-7-9-13-22/h7-18,23H,5-6,19H2,1-4H3,(H,28,30)/t23-/m0/s1. The van der Waals surface area contributed by atoms with E-state index in [1.165, 1.54) is 12.1 Å². The van der Waals surface area contributed by atoms with E-state index in [-0.39, 0.29) is 10.9 Å². The molecule has 3 rings (SSSR count). The van der Waals surface area contributed by atoms with Crippen LogP contribution >= 0.6 is 0 Å². The summed E-state index contributed by atoms with van der Waals surface area (Å²) in [4.78, 5) is 13.3. The largest absolute Gasteiger partial charge is 0.496 e.